The minimum absolute atomic E-state index is 0.00529. The van der Waals surface area contributed by atoms with Crippen LogP contribution in [0, 0.1) is 17.8 Å². The van der Waals surface area contributed by atoms with Crippen molar-refractivity contribution < 1.29 is 8.42 Å². The molecule has 1 aromatic rings. The molecular formula is C15H20ClNO2S. The van der Waals surface area contributed by atoms with Crippen LogP contribution >= 0.6 is 11.6 Å². The van der Waals surface area contributed by atoms with E-state index in [4.69, 9.17) is 11.6 Å². The summed E-state index contributed by atoms with van der Waals surface area (Å²) in [5.41, 5.74) is 0. The summed E-state index contributed by atoms with van der Waals surface area (Å²) in [6, 6.07) is 6.42. The van der Waals surface area contributed by atoms with Gasteiger partial charge < -0.3 is 0 Å². The third-order valence-electron chi connectivity index (χ3n) is 4.88. The first-order chi connectivity index (χ1) is 9.45. The van der Waals surface area contributed by atoms with E-state index < -0.39 is 10.0 Å². The standard InChI is InChI=1S/C15H20ClNO2S/c1-10(15-8-11-5-6-12(15)7-11)17-20(18,19)14-4-2-3-13(16)9-14/h2-4,9-12,15,17H,5-8H2,1H3. The van der Waals surface area contributed by atoms with Crippen LogP contribution < -0.4 is 4.72 Å². The fourth-order valence-corrected chi connectivity index (χ4v) is 5.54. The van der Waals surface area contributed by atoms with E-state index in [0.29, 0.717) is 16.9 Å². The molecule has 0 radical (unpaired) electrons. The molecule has 20 heavy (non-hydrogen) atoms. The molecule has 4 atom stereocenters. The zero-order chi connectivity index (χ0) is 14.3. The molecule has 2 aliphatic carbocycles. The summed E-state index contributed by atoms with van der Waals surface area (Å²) in [6.07, 6.45) is 5.05. The summed E-state index contributed by atoms with van der Waals surface area (Å²) in [6.45, 7) is 1.99. The first-order valence-electron chi connectivity index (χ1n) is 7.23. The summed E-state index contributed by atoms with van der Waals surface area (Å²) in [4.78, 5) is 0.250. The third kappa shape index (κ3) is 2.74. The Labute approximate surface area is 125 Å². The van der Waals surface area contributed by atoms with Crippen molar-refractivity contribution in [1.82, 2.24) is 4.72 Å². The molecule has 2 aliphatic rings. The van der Waals surface area contributed by atoms with Gasteiger partial charge in [-0.2, -0.15) is 0 Å². The molecule has 1 N–H and O–H groups in total. The van der Waals surface area contributed by atoms with Gasteiger partial charge in [0.15, 0.2) is 0 Å². The van der Waals surface area contributed by atoms with E-state index >= 15 is 0 Å². The van der Waals surface area contributed by atoms with Crippen LogP contribution in [0.1, 0.15) is 32.6 Å². The highest BCUT2D eigenvalue weighted by Crippen LogP contribution is 2.49. The van der Waals surface area contributed by atoms with Gasteiger partial charge in [-0.15, -0.1) is 0 Å². The molecule has 0 heterocycles. The van der Waals surface area contributed by atoms with Crippen LogP contribution in [-0.2, 0) is 10.0 Å². The Morgan fingerprint density at radius 2 is 2.10 bits per heavy atom. The van der Waals surface area contributed by atoms with Gasteiger partial charge in [-0.1, -0.05) is 24.1 Å². The summed E-state index contributed by atoms with van der Waals surface area (Å²) in [7, 11) is -3.47. The summed E-state index contributed by atoms with van der Waals surface area (Å²) in [5.74, 6) is 2.02. The van der Waals surface area contributed by atoms with Gasteiger partial charge in [-0.05, 0) is 62.1 Å². The van der Waals surface area contributed by atoms with Crippen LogP contribution in [0.5, 0.6) is 0 Å². The van der Waals surface area contributed by atoms with Crippen molar-refractivity contribution in [3.8, 4) is 0 Å². The number of nitrogens with one attached hydrogen (secondary N) is 1. The van der Waals surface area contributed by atoms with E-state index in [-0.39, 0.29) is 10.9 Å². The van der Waals surface area contributed by atoms with E-state index in [0.717, 1.165) is 5.92 Å². The Kier molecular flexibility index (Phi) is 3.82. The minimum atomic E-state index is -3.47. The van der Waals surface area contributed by atoms with Crippen molar-refractivity contribution in [2.75, 3.05) is 0 Å². The second-order valence-electron chi connectivity index (χ2n) is 6.21. The number of fused-ring (bicyclic) bond motifs is 2. The van der Waals surface area contributed by atoms with E-state index in [2.05, 4.69) is 4.72 Å². The van der Waals surface area contributed by atoms with Gasteiger partial charge in [0.1, 0.15) is 0 Å². The van der Waals surface area contributed by atoms with Gasteiger partial charge in [-0.3, -0.25) is 0 Å². The van der Waals surface area contributed by atoms with Crippen LogP contribution in [-0.4, -0.2) is 14.5 Å². The smallest absolute Gasteiger partial charge is 0.208 e. The van der Waals surface area contributed by atoms with Gasteiger partial charge in [0, 0.05) is 11.1 Å². The number of sulfonamides is 1. The van der Waals surface area contributed by atoms with Crippen LogP contribution in [0.4, 0.5) is 0 Å². The Morgan fingerprint density at radius 3 is 2.70 bits per heavy atom. The molecule has 0 aromatic heterocycles. The molecule has 0 spiro atoms. The van der Waals surface area contributed by atoms with Crippen LogP contribution in [0.25, 0.3) is 0 Å². The molecule has 3 rings (SSSR count). The second-order valence-corrected chi connectivity index (χ2v) is 8.36. The lowest BCUT2D eigenvalue weighted by molar-refractivity contribution is 0.280. The summed E-state index contributed by atoms with van der Waals surface area (Å²) >= 11 is 5.87. The average Bonchev–Trinajstić information content (AvgIpc) is 3.00. The maximum absolute atomic E-state index is 12.4. The van der Waals surface area contributed by atoms with Crippen LogP contribution in [0.3, 0.4) is 0 Å². The molecule has 3 nitrogen and oxygen atoms in total. The molecule has 4 unspecified atom stereocenters. The molecule has 1 aromatic carbocycles. The average molecular weight is 314 g/mol. The number of hydrogen-bond acceptors (Lipinski definition) is 2. The highest BCUT2D eigenvalue weighted by Gasteiger charge is 2.42. The van der Waals surface area contributed by atoms with Crippen molar-refractivity contribution in [3.63, 3.8) is 0 Å². The van der Waals surface area contributed by atoms with Gasteiger partial charge in [0.2, 0.25) is 10.0 Å². The van der Waals surface area contributed by atoms with Crippen molar-refractivity contribution >= 4 is 21.6 Å². The third-order valence-corrected chi connectivity index (χ3v) is 6.67. The molecule has 2 saturated carbocycles. The number of benzene rings is 1. The first-order valence-corrected chi connectivity index (χ1v) is 9.10. The molecule has 110 valence electrons. The largest absolute Gasteiger partial charge is 0.240 e. The monoisotopic (exact) mass is 313 g/mol. The first kappa shape index (κ1) is 14.4. The topological polar surface area (TPSA) is 46.2 Å². The predicted octanol–water partition coefficient (Wildman–Crippen LogP) is 3.44. The number of rotatable bonds is 4. The Morgan fingerprint density at radius 1 is 1.30 bits per heavy atom. The lowest BCUT2D eigenvalue weighted by atomic mass is 9.84. The molecule has 2 bridgehead atoms. The van der Waals surface area contributed by atoms with Gasteiger partial charge in [-0.25, -0.2) is 13.1 Å². The fourth-order valence-electron chi connectivity index (χ4n) is 3.94. The molecule has 0 aliphatic heterocycles. The molecule has 0 saturated heterocycles. The SMILES string of the molecule is CC(NS(=O)(=O)c1cccc(Cl)c1)C1CC2CCC1C2. The molecule has 0 amide bonds. The van der Waals surface area contributed by atoms with E-state index in [1.165, 1.54) is 31.7 Å². The predicted molar refractivity (Wildman–Crippen MR) is 80.2 cm³/mol. The Bertz CT molecular complexity index is 602. The van der Waals surface area contributed by atoms with E-state index in [1.807, 2.05) is 6.92 Å². The van der Waals surface area contributed by atoms with Crippen molar-refractivity contribution in [2.24, 2.45) is 17.8 Å². The lowest BCUT2D eigenvalue weighted by Gasteiger charge is -2.28. The zero-order valence-corrected chi connectivity index (χ0v) is 13.1. The maximum atomic E-state index is 12.4. The summed E-state index contributed by atoms with van der Waals surface area (Å²) < 4.78 is 27.6. The molecule has 2 fully saturated rings. The van der Waals surface area contributed by atoms with Crippen LogP contribution in [0.15, 0.2) is 29.2 Å². The molecule has 5 heteroatoms. The van der Waals surface area contributed by atoms with Gasteiger partial charge >= 0.3 is 0 Å². The highest BCUT2D eigenvalue weighted by atomic mass is 35.5. The zero-order valence-electron chi connectivity index (χ0n) is 11.5. The van der Waals surface area contributed by atoms with Crippen LogP contribution in [0.2, 0.25) is 5.02 Å². The fraction of sp³-hybridized carbons (Fsp3) is 0.600. The number of hydrogen-bond donors (Lipinski definition) is 1. The second kappa shape index (κ2) is 5.32. The highest BCUT2D eigenvalue weighted by molar-refractivity contribution is 7.89. The normalized spacial score (nSPS) is 30.6. The van der Waals surface area contributed by atoms with Gasteiger partial charge in [0.05, 0.1) is 4.90 Å². The van der Waals surface area contributed by atoms with Gasteiger partial charge in [0.25, 0.3) is 0 Å². The lowest BCUT2D eigenvalue weighted by Crippen LogP contribution is -2.40. The summed E-state index contributed by atoms with van der Waals surface area (Å²) in [5, 5.41) is 0.445. The number of halogens is 1. The quantitative estimate of drug-likeness (QED) is 0.925. The minimum Gasteiger partial charge on any atom is -0.208 e. The van der Waals surface area contributed by atoms with E-state index in [9.17, 15) is 8.42 Å². The Balaban J connectivity index is 1.73. The van der Waals surface area contributed by atoms with Crippen molar-refractivity contribution in [3.05, 3.63) is 29.3 Å². The van der Waals surface area contributed by atoms with E-state index in [1.54, 1.807) is 18.2 Å². The maximum Gasteiger partial charge on any atom is 0.240 e. The van der Waals surface area contributed by atoms with Crippen molar-refractivity contribution in [1.29, 1.82) is 0 Å². The Hall–Kier alpha value is -0.580. The molecular weight excluding hydrogens is 294 g/mol. The van der Waals surface area contributed by atoms with Crippen molar-refractivity contribution in [2.45, 2.75) is 43.5 Å².